The van der Waals surface area contributed by atoms with Crippen molar-refractivity contribution in [3.8, 4) is 5.75 Å². The van der Waals surface area contributed by atoms with Gasteiger partial charge in [-0.1, -0.05) is 12.1 Å². The van der Waals surface area contributed by atoms with Gasteiger partial charge in [0.05, 0.1) is 31.9 Å². The van der Waals surface area contributed by atoms with Crippen molar-refractivity contribution in [1.29, 1.82) is 0 Å². The number of nitrogens with one attached hydrogen (secondary N) is 1. The van der Waals surface area contributed by atoms with E-state index in [0.717, 1.165) is 26.3 Å². The summed E-state index contributed by atoms with van der Waals surface area (Å²) < 4.78 is 10.7. The normalized spacial score (nSPS) is 16.5. The standard InChI is InChI=1S/C18H22N2O3S/c1-22-17-5-3-2-4-15(17)18(21)19-12-16(14-6-11-24-13-14)20-7-9-23-10-8-20/h2-6,11,13,16H,7-10,12H2,1H3,(H,19,21)/t16-/m0/s1. The monoisotopic (exact) mass is 346 g/mol. The number of carbonyl (C=O) groups excluding carboxylic acids is 1. The molecule has 0 spiro atoms. The van der Waals surface area contributed by atoms with Gasteiger partial charge >= 0.3 is 0 Å². The van der Waals surface area contributed by atoms with Gasteiger partial charge in [-0.25, -0.2) is 0 Å². The fourth-order valence-corrected chi connectivity index (χ4v) is 3.64. The zero-order chi connectivity index (χ0) is 16.8. The van der Waals surface area contributed by atoms with Crippen LogP contribution in [0.4, 0.5) is 0 Å². The van der Waals surface area contributed by atoms with Crippen LogP contribution in [0.3, 0.4) is 0 Å². The molecule has 1 aliphatic rings. The fourth-order valence-electron chi connectivity index (χ4n) is 2.93. The molecular weight excluding hydrogens is 324 g/mol. The Morgan fingerprint density at radius 1 is 1.33 bits per heavy atom. The van der Waals surface area contributed by atoms with Crippen LogP contribution < -0.4 is 10.1 Å². The van der Waals surface area contributed by atoms with E-state index in [9.17, 15) is 4.79 Å². The highest BCUT2D eigenvalue weighted by atomic mass is 32.1. The van der Waals surface area contributed by atoms with Gasteiger partial charge in [0.15, 0.2) is 0 Å². The van der Waals surface area contributed by atoms with Gasteiger partial charge in [0.2, 0.25) is 0 Å². The second-order valence-corrected chi connectivity index (χ2v) is 6.41. The van der Waals surface area contributed by atoms with Crippen LogP contribution >= 0.6 is 11.3 Å². The molecule has 1 atom stereocenters. The average Bonchev–Trinajstić information content (AvgIpc) is 3.17. The van der Waals surface area contributed by atoms with Crippen molar-refractivity contribution in [1.82, 2.24) is 10.2 Å². The number of amides is 1. The number of hydrogen-bond acceptors (Lipinski definition) is 5. The van der Waals surface area contributed by atoms with Crippen molar-refractivity contribution >= 4 is 17.2 Å². The third-order valence-corrected chi connectivity index (χ3v) is 4.92. The van der Waals surface area contributed by atoms with E-state index >= 15 is 0 Å². The predicted octanol–water partition coefficient (Wildman–Crippen LogP) is 2.56. The van der Waals surface area contributed by atoms with Gasteiger partial charge in [0.1, 0.15) is 5.75 Å². The Balaban J connectivity index is 1.70. The quantitative estimate of drug-likeness (QED) is 0.873. The SMILES string of the molecule is COc1ccccc1C(=O)NC[C@@H](c1ccsc1)N1CCOCC1. The van der Waals surface area contributed by atoms with Crippen LogP contribution in [0.15, 0.2) is 41.1 Å². The molecule has 1 fully saturated rings. The molecule has 5 nitrogen and oxygen atoms in total. The lowest BCUT2D eigenvalue weighted by molar-refractivity contribution is 0.0163. The molecule has 0 radical (unpaired) electrons. The number of carbonyl (C=O) groups is 1. The van der Waals surface area contributed by atoms with Crippen LogP contribution in [0.1, 0.15) is 22.0 Å². The smallest absolute Gasteiger partial charge is 0.255 e. The first-order chi connectivity index (χ1) is 11.8. The summed E-state index contributed by atoms with van der Waals surface area (Å²) in [6, 6.07) is 9.57. The Labute approximate surface area is 146 Å². The van der Waals surface area contributed by atoms with Crippen LogP contribution in [0.5, 0.6) is 5.75 Å². The van der Waals surface area contributed by atoms with E-state index in [-0.39, 0.29) is 11.9 Å². The number of ether oxygens (including phenoxy) is 2. The molecule has 1 aromatic heterocycles. The molecule has 3 rings (SSSR count). The maximum Gasteiger partial charge on any atom is 0.255 e. The topological polar surface area (TPSA) is 50.8 Å². The van der Waals surface area contributed by atoms with Crippen LogP contribution in [-0.4, -0.2) is 50.8 Å². The van der Waals surface area contributed by atoms with Crippen molar-refractivity contribution in [2.45, 2.75) is 6.04 Å². The Hall–Kier alpha value is -1.89. The minimum Gasteiger partial charge on any atom is -0.496 e. The van der Waals surface area contributed by atoms with E-state index in [0.29, 0.717) is 17.9 Å². The summed E-state index contributed by atoms with van der Waals surface area (Å²) in [7, 11) is 1.58. The van der Waals surface area contributed by atoms with Gasteiger partial charge in [0, 0.05) is 19.6 Å². The highest BCUT2D eigenvalue weighted by Gasteiger charge is 2.24. The molecule has 0 saturated carbocycles. The Morgan fingerprint density at radius 3 is 2.83 bits per heavy atom. The van der Waals surface area contributed by atoms with Gasteiger partial charge < -0.3 is 14.8 Å². The van der Waals surface area contributed by atoms with E-state index in [4.69, 9.17) is 9.47 Å². The summed E-state index contributed by atoms with van der Waals surface area (Å²) in [5.74, 6) is 0.481. The van der Waals surface area contributed by atoms with E-state index in [1.807, 2.05) is 12.1 Å². The van der Waals surface area contributed by atoms with Crippen LogP contribution in [-0.2, 0) is 4.74 Å². The Morgan fingerprint density at radius 2 is 2.12 bits per heavy atom. The molecule has 0 bridgehead atoms. The number of hydrogen-bond donors (Lipinski definition) is 1. The van der Waals surface area contributed by atoms with Gasteiger partial charge in [-0.2, -0.15) is 11.3 Å². The van der Waals surface area contributed by atoms with Crippen LogP contribution in [0.25, 0.3) is 0 Å². The molecule has 6 heteroatoms. The van der Waals surface area contributed by atoms with Crippen molar-refractivity contribution < 1.29 is 14.3 Å². The predicted molar refractivity (Wildman–Crippen MR) is 94.8 cm³/mol. The van der Waals surface area contributed by atoms with Crippen LogP contribution in [0, 0.1) is 0 Å². The van der Waals surface area contributed by atoms with Gasteiger partial charge in [-0.3, -0.25) is 9.69 Å². The number of nitrogens with zero attached hydrogens (tertiary/aromatic N) is 1. The highest BCUT2D eigenvalue weighted by molar-refractivity contribution is 7.07. The third-order valence-electron chi connectivity index (χ3n) is 4.22. The molecule has 2 heterocycles. The molecule has 0 aliphatic carbocycles. The zero-order valence-electron chi connectivity index (χ0n) is 13.7. The van der Waals surface area contributed by atoms with Gasteiger partial charge in [0.25, 0.3) is 5.91 Å². The summed E-state index contributed by atoms with van der Waals surface area (Å²) in [6.07, 6.45) is 0. The van der Waals surface area contributed by atoms with Crippen LogP contribution in [0.2, 0.25) is 0 Å². The summed E-state index contributed by atoms with van der Waals surface area (Å²) in [5.41, 5.74) is 1.80. The molecule has 1 N–H and O–H groups in total. The number of rotatable bonds is 6. The molecule has 2 aromatic rings. The minimum atomic E-state index is -0.110. The lowest BCUT2D eigenvalue weighted by Gasteiger charge is -2.34. The first-order valence-electron chi connectivity index (χ1n) is 8.04. The first kappa shape index (κ1) is 17.0. The molecular formula is C18H22N2O3S. The van der Waals surface area contributed by atoms with Crippen molar-refractivity contribution in [2.75, 3.05) is 40.0 Å². The maximum atomic E-state index is 12.5. The summed E-state index contributed by atoms with van der Waals surface area (Å²) in [6.45, 7) is 3.80. The van der Waals surface area contributed by atoms with E-state index in [1.54, 1.807) is 30.6 Å². The largest absolute Gasteiger partial charge is 0.496 e. The Bertz CT molecular complexity index is 654. The lowest BCUT2D eigenvalue weighted by atomic mass is 10.1. The van der Waals surface area contributed by atoms with Gasteiger partial charge in [-0.15, -0.1) is 0 Å². The lowest BCUT2D eigenvalue weighted by Crippen LogP contribution is -2.43. The molecule has 1 aliphatic heterocycles. The van der Waals surface area contributed by atoms with Crippen molar-refractivity contribution in [3.63, 3.8) is 0 Å². The molecule has 1 amide bonds. The summed E-state index contributed by atoms with van der Waals surface area (Å²) in [4.78, 5) is 14.9. The number of benzene rings is 1. The van der Waals surface area contributed by atoms with Crippen molar-refractivity contribution in [2.24, 2.45) is 0 Å². The molecule has 0 unspecified atom stereocenters. The summed E-state index contributed by atoms with van der Waals surface area (Å²) >= 11 is 1.68. The van der Waals surface area contributed by atoms with Crippen molar-refractivity contribution in [3.05, 3.63) is 52.2 Å². The third kappa shape index (κ3) is 3.95. The Kier molecular flexibility index (Phi) is 5.85. The second-order valence-electron chi connectivity index (χ2n) is 5.63. The molecule has 1 aromatic carbocycles. The van der Waals surface area contributed by atoms with E-state index < -0.39 is 0 Å². The van der Waals surface area contributed by atoms with E-state index in [2.05, 4.69) is 27.0 Å². The fraction of sp³-hybridized carbons (Fsp3) is 0.389. The average molecular weight is 346 g/mol. The molecule has 1 saturated heterocycles. The maximum absolute atomic E-state index is 12.5. The van der Waals surface area contributed by atoms with E-state index in [1.165, 1.54) is 5.56 Å². The zero-order valence-corrected chi connectivity index (χ0v) is 14.6. The molecule has 24 heavy (non-hydrogen) atoms. The number of thiophene rings is 1. The minimum absolute atomic E-state index is 0.110. The molecule has 128 valence electrons. The summed E-state index contributed by atoms with van der Waals surface area (Å²) in [5, 5.41) is 7.28. The number of para-hydroxylation sites is 1. The first-order valence-corrected chi connectivity index (χ1v) is 8.99. The number of methoxy groups -OCH3 is 1. The number of morpholine rings is 1. The highest BCUT2D eigenvalue weighted by Crippen LogP contribution is 2.24. The van der Waals surface area contributed by atoms with Gasteiger partial charge in [-0.05, 0) is 34.5 Å². The second kappa shape index (κ2) is 8.28.